The van der Waals surface area contributed by atoms with Gasteiger partial charge in [0.15, 0.2) is 0 Å². The summed E-state index contributed by atoms with van der Waals surface area (Å²) < 4.78 is 0. The second-order valence-corrected chi connectivity index (χ2v) is 3.16. The van der Waals surface area contributed by atoms with Gasteiger partial charge in [-0.3, -0.25) is 0 Å². The second kappa shape index (κ2) is 7.65. The van der Waals surface area contributed by atoms with Crippen molar-refractivity contribution in [1.82, 2.24) is 5.32 Å². The molecule has 0 radical (unpaired) electrons. The van der Waals surface area contributed by atoms with E-state index < -0.39 is 0 Å². The van der Waals surface area contributed by atoms with Crippen LogP contribution in [0.4, 0.5) is 0 Å². The largest absolute Gasteiger partial charge is 0.508 e. The van der Waals surface area contributed by atoms with Gasteiger partial charge in [-0.2, -0.15) is 0 Å². The van der Waals surface area contributed by atoms with Gasteiger partial charge in [0.05, 0.1) is 0 Å². The zero-order valence-corrected chi connectivity index (χ0v) is 9.31. The molecular weight excluding hydrogens is 198 g/mol. The Kier molecular flexibility index (Phi) is 7.25. The molecule has 1 aromatic carbocycles. The van der Waals surface area contributed by atoms with Gasteiger partial charge in [-0.1, -0.05) is 31.5 Å². The highest BCUT2D eigenvalue weighted by molar-refractivity contribution is 5.85. The lowest BCUT2D eigenvalue weighted by Crippen LogP contribution is -2.14. The molecule has 0 fully saturated rings. The quantitative estimate of drug-likeness (QED) is 0.741. The van der Waals surface area contributed by atoms with Crippen molar-refractivity contribution in [3.05, 3.63) is 29.8 Å². The summed E-state index contributed by atoms with van der Waals surface area (Å²) in [5.74, 6) is 0.381. The maximum absolute atomic E-state index is 9.43. The smallest absolute Gasteiger partial charge is 0.120 e. The predicted molar refractivity (Wildman–Crippen MR) is 62.0 cm³/mol. The molecule has 0 amide bonds. The van der Waals surface area contributed by atoms with Gasteiger partial charge in [0, 0.05) is 12.1 Å². The van der Waals surface area contributed by atoms with Crippen molar-refractivity contribution in [2.75, 3.05) is 6.54 Å². The van der Waals surface area contributed by atoms with Crippen molar-refractivity contribution in [1.29, 1.82) is 0 Å². The van der Waals surface area contributed by atoms with Crippen LogP contribution in [0.15, 0.2) is 24.3 Å². The third-order valence-corrected chi connectivity index (χ3v) is 2.01. The summed E-state index contributed by atoms with van der Waals surface area (Å²) in [6.07, 6.45) is 2.39. The van der Waals surface area contributed by atoms with Crippen LogP contribution in [-0.4, -0.2) is 11.7 Å². The molecule has 2 nitrogen and oxygen atoms in total. The van der Waals surface area contributed by atoms with Gasteiger partial charge in [-0.15, -0.1) is 12.4 Å². The molecule has 80 valence electrons. The van der Waals surface area contributed by atoms with Crippen molar-refractivity contribution in [2.24, 2.45) is 0 Å². The molecule has 0 aliphatic heterocycles. The minimum atomic E-state index is 0. The summed E-state index contributed by atoms with van der Waals surface area (Å²) in [5, 5.41) is 12.7. The summed E-state index contributed by atoms with van der Waals surface area (Å²) in [5.41, 5.74) is 0.971. The number of para-hydroxylation sites is 1. The first-order valence-corrected chi connectivity index (χ1v) is 4.82. The third kappa shape index (κ3) is 4.49. The standard InChI is InChI=1S/C11H17NO.ClH/c1-2-3-8-12-9-10-6-4-5-7-11(10)13;/h4-7,12-13H,2-3,8-9H2,1H3;1H. The maximum Gasteiger partial charge on any atom is 0.120 e. The van der Waals surface area contributed by atoms with Crippen LogP contribution in [-0.2, 0) is 6.54 Å². The topological polar surface area (TPSA) is 32.3 Å². The lowest BCUT2D eigenvalue weighted by atomic mass is 10.2. The number of phenolic OH excluding ortho intramolecular Hbond substituents is 1. The number of rotatable bonds is 5. The van der Waals surface area contributed by atoms with Gasteiger partial charge < -0.3 is 10.4 Å². The Hall–Kier alpha value is -0.730. The molecule has 0 aromatic heterocycles. The van der Waals surface area contributed by atoms with E-state index in [-0.39, 0.29) is 12.4 Å². The normalized spacial score (nSPS) is 9.50. The molecule has 1 rings (SSSR count). The van der Waals surface area contributed by atoms with Gasteiger partial charge in [-0.25, -0.2) is 0 Å². The first kappa shape index (κ1) is 13.3. The van der Waals surface area contributed by atoms with E-state index in [2.05, 4.69) is 12.2 Å². The predicted octanol–water partition coefficient (Wildman–Crippen LogP) is 2.70. The average molecular weight is 216 g/mol. The van der Waals surface area contributed by atoms with Crippen LogP contribution in [0.25, 0.3) is 0 Å². The summed E-state index contributed by atoms with van der Waals surface area (Å²) in [6, 6.07) is 7.44. The molecule has 14 heavy (non-hydrogen) atoms. The summed E-state index contributed by atoms with van der Waals surface area (Å²) in [7, 11) is 0. The fourth-order valence-corrected chi connectivity index (χ4v) is 1.19. The number of unbranched alkanes of at least 4 members (excludes halogenated alkanes) is 1. The van der Waals surface area contributed by atoms with Crippen LogP contribution in [0.2, 0.25) is 0 Å². The minimum absolute atomic E-state index is 0. The van der Waals surface area contributed by atoms with Crippen LogP contribution in [0.1, 0.15) is 25.3 Å². The van der Waals surface area contributed by atoms with Crippen LogP contribution >= 0.6 is 12.4 Å². The van der Waals surface area contributed by atoms with E-state index in [9.17, 15) is 5.11 Å². The zero-order valence-electron chi connectivity index (χ0n) is 8.49. The lowest BCUT2D eigenvalue weighted by molar-refractivity contribution is 0.464. The van der Waals surface area contributed by atoms with Crippen LogP contribution in [0, 0.1) is 0 Å². The van der Waals surface area contributed by atoms with E-state index >= 15 is 0 Å². The Labute approximate surface area is 91.8 Å². The monoisotopic (exact) mass is 215 g/mol. The Morgan fingerprint density at radius 2 is 2.00 bits per heavy atom. The number of hydrogen-bond donors (Lipinski definition) is 2. The van der Waals surface area contributed by atoms with Gasteiger partial charge in [0.2, 0.25) is 0 Å². The molecule has 3 heteroatoms. The third-order valence-electron chi connectivity index (χ3n) is 2.01. The fourth-order valence-electron chi connectivity index (χ4n) is 1.19. The highest BCUT2D eigenvalue weighted by Crippen LogP contribution is 2.14. The summed E-state index contributed by atoms with van der Waals surface area (Å²) >= 11 is 0. The molecule has 0 saturated carbocycles. The van der Waals surface area contributed by atoms with Crippen molar-refractivity contribution >= 4 is 12.4 Å². The van der Waals surface area contributed by atoms with Crippen molar-refractivity contribution in [3.8, 4) is 5.75 Å². The van der Waals surface area contributed by atoms with E-state index in [1.54, 1.807) is 6.07 Å². The van der Waals surface area contributed by atoms with Gasteiger partial charge >= 0.3 is 0 Å². The highest BCUT2D eigenvalue weighted by Gasteiger charge is 1.97. The van der Waals surface area contributed by atoms with Gasteiger partial charge in [-0.05, 0) is 19.0 Å². The van der Waals surface area contributed by atoms with Crippen LogP contribution < -0.4 is 5.32 Å². The van der Waals surface area contributed by atoms with Crippen LogP contribution in [0.3, 0.4) is 0 Å². The molecule has 0 heterocycles. The molecule has 1 aromatic rings. The van der Waals surface area contributed by atoms with E-state index in [1.807, 2.05) is 18.2 Å². The number of nitrogens with one attached hydrogen (secondary N) is 1. The number of aromatic hydroxyl groups is 1. The first-order chi connectivity index (χ1) is 6.34. The first-order valence-electron chi connectivity index (χ1n) is 4.82. The molecule has 0 aliphatic rings. The number of halogens is 1. The Morgan fingerprint density at radius 3 is 2.64 bits per heavy atom. The van der Waals surface area contributed by atoms with Crippen LogP contribution in [0.5, 0.6) is 5.75 Å². The van der Waals surface area contributed by atoms with Crippen molar-refractivity contribution in [3.63, 3.8) is 0 Å². The molecule has 0 spiro atoms. The molecule has 0 aliphatic carbocycles. The molecular formula is C11H18ClNO. The van der Waals surface area contributed by atoms with Gasteiger partial charge in [0.25, 0.3) is 0 Å². The van der Waals surface area contributed by atoms with E-state index in [1.165, 1.54) is 12.8 Å². The summed E-state index contributed by atoms with van der Waals surface area (Å²) in [6.45, 7) is 3.94. The minimum Gasteiger partial charge on any atom is -0.508 e. The van der Waals surface area contributed by atoms with E-state index in [0.29, 0.717) is 5.75 Å². The summed E-state index contributed by atoms with van der Waals surface area (Å²) in [4.78, 5) is 0. The second-order valence-electron chi connectivity index (χ2n) is 3.16. The number of phenols is 1. The van der Waals surface area contributed by atoms with Crippen molar-refractivity contribution < 1.29 is 5.11 Å². The highest BCUT2D eigenvalue weighted by atomic mass is 35.5. The average Bonchev–Trinajstić information content (AvgIpc) is 2.15. The van der Waals surface area contributed by atoms with Crippen molar-refractivity contribution in [2.45, 2.75) is 26.3 Å². The molecule has 0 bridgehead atoms. The Bertz CT molecular complexity index is 253. The zero-order chi connectivity index (χ0) is 9.52. The Morgan fingerprint density at radius 1 is 1.29 bits per heavy atom. The lowest BCUT2D eigenvalue weighted by Gasteiger charge is -2.05. The fraction of sp³-hybridized carbons (Fsp3) is 0.455. The van der Waals surface area contributed by atoms with Gasteiger partial charge in [0.1, 0.15) is 5.75 Å². The Balaban J connectivity index is 0.00000169. The van der Waals surface area contributed by atoms with E-state index in [0.717, 1.165) is 18.7 Å². The maximum atomic E-state index is 9.43. The molecule has 0 atom stereocenters. The number of hydrogen-bond acceptors (Lipinski definition) is 2. The SMILES string of the molecule is CCCCNCc1ccccc1O.Cl. The molecule has 0 saturated heterocycles. The van der Waals surface area contributed by atoms with E-state index in [4.69, 9.17) is 0 Å². The number of benzene rings is 1. The molecule has 2 N–H and O–H groups in total. The molecule has 0 unspecified atom stereocenters.